The molecule has 2 aromatic rings. The maximum atomic E-state index is 12.4. The minimum Gasteiger partial charge on any atom is -0.496 e. The third kappa shape index (κ3) is 3.61. The van der Waals surface area contributed by atoms with Crippen LogP contribution >= 0.6 is 0 Å². The van der Waals surface area contributed by atoms with Gasteiger partial charge in [-0.2, -0.15) is 0 Å². The molecular weight excluding hydrogens is 372 g/mol. The van der Waals surface area contributed by atoms with E-state index in [1.54, 1.807) is 25.4 Å². The molecule has 1 atom stereocenters. The van der Waals surface area contributed by atoms with E-state index in [1.165, 1.54) is 6.21 Å². The molecule has 0 radical (unpaired) electrons. The van der Waals surface area contributed by atoms with Crippen LogP contribution in [0.15, 0.2) is 40.8 Å². The van der Waals surface area contributed by atoms with Crippen LogP contribution in [-0.4, -0.2) is 36.0 Å². The Morgan fingerprint density at radius 2 is 2.17 bits per heavy atom. The Hall–Kier alpha value is -3.55. The van der Waals surface area contributed by atoms with E-state index in [2.05, 4.69) is 15.5 Å². The molecule has 29 heavy (non-hydrogen) atoms. The van der Waals surface area contributed by atoms with Gasteiger partial charge < -0.3 is 25.7 Å². The van der Waals surface area contributed by atoms with Crippen LogP contribution in [0, 0.1) is 6.92 Å². The van der Waals surface area contributed by atoms with Crippen LogP contribution in [0.25, 0.3) is 0 Å². The molecule has 1 aromatic carbocycles. The molecule has 0 saturated carbocycles. The van der Waals surface area contributed by atoms with Crippen molar-refractivity contribution in [3.05, 3.63) is 57.9 Å². The zero-order chi connectivity index (χ0) is 21.1. The van der Waals surface area contributed by atoms with Crippen LogP contribution < -0.4 is 20.5 Å². The quantitative estimate of drug-likeness (QED) is 0.392. The number of hydrogen-bond acceptors (Lipinski definition) is 7. The number of amides is 1. The van der Waals surface area contributed by atoms with E-state index < -0.39 is 11.8 Å². The summed E-state index contributed by atoms with van der Waals surface area (Å²) >= 11 is 0. The first-order valence-electron chi connectivity index (χ1n) is 9.18. The van der Waals surface area contributed by atoms with E-state index in [1.807, 2.05) is 26.8 Å². The molecule has 1 amide bonds. The maximum absolute atomic E-state index is 12.4. The summed E-state index contributed by atoms with van der Waals surface area (Å²) in [6.45, 7) is 6.05. The first-order chi connectivity index (χ1) is 13.9. The number of hydrogen-bond donors (Lipinski definition) is 3. The maximum Gasteiger partial charge on any atom is 0.247 e. The second kappa shape index (κ2) is 8.22. The number of rotatable bonds is 6. The zero-order valence-electron chi connectivity index (χ0n) is 16.8. The Morgan fingerprint density at radius 3 is 2.79 bits per heavy atom. The molecular formula is C21H24N4O4. The number of benzene rings is 1. The molecule has 152 valence electrons. The van der Waals surface area contributed by atoms with Crippen LogP contribution in [-0.2, 0) is 4.79 Å². The standard InChI is InChI=1S/C21H24N4O4/c1-5-29-21-18-17(14-7-6-13(10-24-27)8-15(14)28-4)16(20(22)26)12(3)25-19(18)11(2)9-23-21/h6-10,17,25,27H,5H2,1-4H3,(H2,22,26)/b24-10-. The highest BCUT2D eigenvalue weighted by Crippen LogP contribution is 2.48. The monoisotopic (exact) mass is 396 g/mol. The summed E-state index contributed by atoms with van der Waals surface area (Å²) in [5.74, 6) is -0.124. The van der Waals surface area contributed by atoms with Gasteiger partial charge in [-0.15, -0.1) is 0 Å². The minimum atomic E-state index is -0.544. The van der Waals surface area contributed by atoms with Crippen molar-refractivity contribution < 1.29 is 19.5 Å². The number of methoxy groups -OCH3 is 1. The van der Waals surface area contributed by atoms with Crippen molar-refractivity contribution in [3.63, 3.8) is 0 Å². The molecule has 0 aliphatic carbocycles. The molecule has 3 rings (SSSR count). The number of aromatic nitrogens is 1. The summed E-state index contributed by atoms with van der Waals surface area (Å²) in [5, 5.41) is 15.2. The van der Waals surface area contributed by atoms with Crippen molar-refractivity contribution in [3.8, 4) is 11.6 Å². The highest BCUT2D eigenvalue weighted by Gasteiger charge is 2.36. The lowest BCUT2D eigenvalue weighted by Crippen LogP contribution is -2.28. The number of nitrogens with zero attached hydrogens (tertiary/aromatic N) is 2. The number of nitrogens with one attached hydrogen (secondary N) is 1. The number of oxime groups is 1. The van der Waals surface area contributed by atoms with E-state index in [9.17, 15) is 4.79 Å². The molecule has 0 saturated heterocycles. The van der Waals surface area contributed by atoms with Gasteiger partial charge >= 0.3 is 0 Å². The minimum absolute atomic E-state index is 0.410. The lowest BCUT2D eigenvalue weighted by molar-refractivity contribution is -0.114. The highest BCUT2D eigenvalue weighted by atomic mass is 16.5. The SMILES string of the molecule is CCOc1ncc(C)c2c1C(c1ccc(/C=N\O)cc1OC)C(C(N)=O)=C(C)N2. The second-order valence-electron chi connectivity index (χ2n) is 6.67. The smallest absolute Gasteiger partial charge is 0.247 e. The Morgan fingerprint density at radius 1 is 1.41 bits per heavy atom. The van der Waals surface area contributed by atoms with Gasteiger partial charge in [0.15, 0.2) is 0 Å². The van der Waals surface area contributed by atoms with Gasteiger partial charge in [-0.25, -0.2) is 4.98 Å². The number of carbonyl (C=O) groups is 1. The zero-order valence-corrected chi connectivity index (χ0v) is 16.8. The van der Waals surface area contributed by atoms with Crippen LogP contribution in [0.2, 0.25) is 0 Å². The fourth-order valence-electron chi connectivity index (χ4n) is 3.66. The predicted molar refractivity (Wildman–Crippen MR) is 110 cm³/mol. The topological polar surface area (TPSA) is 119 Å². The Kier molecular flexibility index (Phi) is 5.72. The number of pyridine rings is 1. The van der Waals surface area contributed by atoms with Gasteiger partial charge in [-0.05, 0) is 38.0 Å². The van der Waals surface area contributed by atoms with Gasteiger partial charge in [0.1, 0.15) is 5.75 Å². The summed E-state index contributed by atoms with van der Waals surface area (Å²) < 4.78 is 11.4. The van der Waals surface area contributed by atoms with Gasteiger partial charge in [-0.3, -0.25) is 4.79 Å². The molecule has 1 aliphatic heterocycles. The van der Waals surface area contributed by atoms with E-state index in [0.717, 1.165) is 22.4 Å². The lowest BCUT2D eigenvalue weighted by Gasteiger charge is -2.32. The van der Waals surface area contributed by atoms with Crippen molar-refractivity contribution in [2.45, 2.75) is 26.7 Å². The molecule has 1 aromatic heterocycles. The van der Waals surface area contributed by atoms with Crippen molar-refractivity contribution in [2.75, 3.05) is 19.0 Å². The number of nitrogens with two attached hydrogens (primary N) is 1. The molecule has 8 heteroatoms. The third-order valence-electron chi connectivity index (χ3n) is 4.89. The van der Waals surface area contributed by atoms with Crippen molar-refractivity contribution >= 4 is 17.8 Å². The number of fused-ring (bicyclic) bond motifs is 1. The second-order valence-corrected chi connectivity index (χ2v) is 6.67. The summed E-state index contributed by atoms with van der Waals surface area (Å²) in [6, 6.07) is 5.33. The average molecular weight is 396 g/mol. The van der Waals surface area contributed by atoms with Crippen LogP contribution in [0.3, 0.4) is 0 Å². The van der Waals surface area contributed by atoms with Gasteiger partial charge in [-0.1, -0.05) is 17.3 Å². The molecule has 2 heterocycles. The molecule has 4 N–H and O–H groups in total. The highest BCUT2D eigenvalue weighted by molar-refractivity contribution is 5.98. The molecule has 8 nitrogen and oxygen atoms in total. The number of ether oxygens (including phenoxy) is 2. The van der Waals surface area contributed by atoms with E-state index in [4.69, 9.17) is 20.4 Å². The van der Waals surface area contributed by atoms with Crippen LogP contribution in [0.5, 0.6) is 11.6 Å². The third-order valence-corrected chi connectivity index (χ3v) is 4.89. The Balaban J connectivity index is 2.34. The van der Waals surface area contributed by atoms with Gasteiger partial charge in [0.05, 0.1) is 37.1 Å². The fraction of sp³-hybridized carbons (Fsp3) is 0.286. The first kappa shape index (κ1) is 20.2. The predicted octanol–water partition coefficient (Wildman–Crippen LogP) is 2.92. The normalized spacial score (nSPS) is 15.8. The van der Waals surface area contributed by atoms with Gasteiger partial charge in [0, 0.05) is 23.0 Å². The van der Waals surface area contributed by atoms with Gasteiger partial charge in [0.25, 0.3) is 0 Å². The molecule has 0 bridgehead atoms. The van der Waals surface area contributed by atoms with Crippen molar-refractivity contribution in [1.82, 2.24) is 4.98 Å². The lowest BCUT2D eigenvalue weighted by atomic mass is 9.79. The molecule has 0 fully saturated rings. The molecule has 1 aliphatic rings. The van der Waals surface area contributed by atoms with Gasteiger partial charge in [0.2, 0.25) is 11.8 Å². The van der Waals surface area contributed by atoms with E-state index in [-0.39, 0.29) is 0 Å². The average Bonchev–Trinajstić information content (AvgIpc) is 2.69. The summed E-state index contributed by atoms with van der Waals surface area (Å²) in [4.78, 5) is 16.9. The summed E-state index contributed by atoms with van der Waals surface area (Å²) in [6.07, 6.45) is 3.03. The number of aryl methyl sites for hydroxylation is 1. The van der Waals surface area contributed by atoms with Crippen LogP contribution in [0.1, 0.15) is 42.0 Å². The van der Waals surface area contributed by atoms with Crippen molar-refractivity contribution in [2.24, 2.45) is 10.9 Å². The summed E-state index contributed by atoms with van der Waals surface area (Å²) in [7, 11) is 1.54. The Bertz CT molecular complexity index is 1010. The molecule has 1 unspecified atom stereocenters. The van der Waals surface area contributed by atoms with E-state index >= 15 is 0 Å². The summed E-state index contributed by atoms with van der Waals surface area (Å²) in [5.41, 5.74) is 10.7. The fourth-order valence-corrected chi connectivity index (χ4v) is 3.66. The van der Waals surface area contributed by atoms with Crippen molar-refractivity contribution in [1.29, 1.82) is 0 Å². The Labute approximate surface area is 169 Å². The number of carbonyl (C=O) groups excluding carboxylic acids is 1. The van der Waals surface area contributed by atoms with E-state index in [0.29, 0.717) is 35.1 Å². The number of primary amides is 1. The first-order valence-corrected chi connectivity index (χ1v) is 9.18. The molecule has 0 spiro atoms. The largest absolute Gasteiger partial charge is 0.496 e. The van der Waals surface area contributed by atoms with Crippen LogP contribution in [0.4, 0.5) is 5.69 Å². The number of anilines is 1. The number of allylic oxidation sites excluding steroid dienone is 1.